The maximum Gasteiger partial charge on any atom is 0.306 e. The topological polar surface area (TPSA) is 78.9 Å². The molecule has 6 nitrogen and oxygen atoms in total. The lowest BCUT2D eigenvalue weighted by atomic mass is 10.0. The SMILES string of the molecule is CC\C=C/C=C\C=C/C=C\C=C\C=C/CCCCCC(=O)OC(COC(=O)CCCCCCCCC\C=C/C=C\C=C/CC)COC(=O)CCCCCCCCCCCCCCCCCCCC. The molecule has 0 rings (SSSR count). The van der Waals surface area contributed by atoms with Crippen LogP contribution in [0.25, 0.3) is 0 Å². The van der Waals surface area contributed by atoms with Crippen molar-refractivity contribution in [2.24, 2.45) is 0 Å². The molecule has 0 amide bonds. The van der Waals surface area contributed by atoms with E-state index in [-0.39, 0.29) is 37.5 Å². The van der Waals surface area contributed by atoms with Crippen molar-refractivity contribution >= 4 is 17.9 Å². The molecular weight excluding hydrogens is 841 g/mol. The predicted octanol–water partition coefficient (Wildman–Crippen LogP) is 18.7. The molecule has 0 aromatic carbocycles. The van der Waals surface area contributed by atoms with Gasteiger partial charge in [-0.2, -0.15) is 0 Å². The third-order valence-electron chi connectivity index (χ3n) is 11.7. The molecule has 0 fully saturated rings. The van der Waals surface area contributed by atoms with Crippen LogP contribution >= 0.6 is 0 Å². The number of carbonyl (C=O) groups excluding carboxylic acids is 3. The first-order valence-corrected chi connectivity index (χ1v) is 28.0. The van der Waals surface area contributed by atoms with Crippen molar-refractivity contribution in [3.8, 4) is 0 Å². The molecule has 0 aromatic heterocycles. The molecule has 1 unspecified atom stereocenters. The molecule has 0 spiro atoms. The van der Waals surface area contributed by atoms with E-state index < -0.39 is 6.10 Å². The van der Waals surface area contributed by atoms with Crippen LogP contribution in [-0.2, 0) is 28.6 Å². The zero-order chi connectivity index (χ0) is 49.3. The summed E-state index contributed by atoms with van der Waals surface area (Å²) in [6, 6.07) is 0. The third kappa shape index (κ3) is 53.0. The van der Waals surface area contributed by atoms with Crippen LogP contribution in [0.3, 0.4) is 0 Å². The van der Waals surface area contributed by atoms with Crippen molar-refractivity contribution in [1.29, 1.82) is 0 Å². The van der Waals surface area contributed by atoms with Crippen molar-refractivity contribution in [2.75, 3.05) is 13.2 Å². The van der Waals surface area contributed by atoms with Gasteiger partial charge in [-0.25, -0.2) is 0 Å². The van der Waals surface area contributed by atoms with Crippen LogP contribution in [0.15, 0.2) is 109 Å². The van der Waals surface area contributed by atoms with Gasteiger partial charge in [0.2, 0.25) is 0 Å². The summed E-state index contributed by atoms with van der Waals surface area (Å²) in [6.07, 6.45) is 75.0. The van der Waals surface area contributed by atoms with Gasteiger partial charge in [0.25, 0.3) is 0 Å². The quantitative estimate of drug-likeness (QED) is 0.0262. The number of unbranched alkanes of at least 4 members (excludes halogenated alkanes) is 27. The summed E-state index contributed by atoms with van der Waals surface area (Å²) in [5, 5.41) is 0. The van der Waals surface area contributed by atoms with Gasteiger partial charge in [0.05, 0.1) is 0 Å². The Hall–Kier alpha value is -3.93. The number of esters is 3. The number of hydrogen-bond donors (Lipinski definition) is 0. The molecule has 0 bridgehead atoms. The van der Waals surface area contributed by atoms with Crippen LogP contribution in [0.1, 0.15) is 245 Å². The van der Waals surface area contributed by atoms with Gasteiger partial charge in [0.15, 0.2) is 6.10 Å². The van der Waals surface area contributed by atoms with E-state index in [1.54, 1.807) is 0 Å². The summed E-state index contributed by atoms with van der Waals surface area (Å²) in [5.74, 6) is -0.955. The predicted molar refractivity (Wildman–Crippen MR) is 293 cm³/mol. The molecular formula is C62H102O6. The molecule has 0 heterocycles. The second-order valence-corrected chi connectivity index (χ2v) is 18.3. The lowest BCUT2D eigenvalue weighted by molar-refractivity contribution is -0.167. The van der Waals surface area contributed by atoms with E-state index in [2.05, 4.69) is 69.4 Å². The second-order valence-electron chi connectivity index (χ2n) is 18.3. The number of allylic oxidation sites excluding steroid dienone is 18. The van der Waals surface area contributed by atoms with Crippen LogP contribution in [0.2, 0.25) is 0 Å². The molecule has 0 aliphatic heterocycles. The normalized spacial score (nSPS) is 12.9. The minimum absolute atomic E-state index is 0.100. The highest BCUT2D eigenvalue weighted by Gasteiger charge is 2.19. The van der Waals surface area contributed by atoms with Crippen LogP contribution < -0.4 is 0 Å². The minimum Gasteiger partial charge on any atom is -0.462 e. The molecule has 0 N–H and O–H groups in total. The average Bonchev–Trinajstić information content (AvgIpc) is 3.34. The maximum absolute atomic E-state index is 12.8. The molecule has 0 aliphatic carbocycles. The van der Waals surface area contributed by atoms with E-state index in [4.69, 9.17) is 14.2 Å². The molecule has 0 saturated heterocycles. The molecule has 0 aromatic rings. The van der Waals surface area contributed by atoms with Crippen LogP contribution in [0.5, 0.6) is 0 Å². The summed E-state index contributed by atoms with van der Waals surface area (Å²) in [6.45, 7) is 6.33. The van der Waals surface area contributed by atoms with Crippen molar-refractivity contribution in [1.82, 2.24) is 0 Å². The number of carbonyl (C=O) groups is 3. The highest BCUT2D eigenvalue weighted by molar-refractivity contribution is 5.71. The van der Waals surface area contributed by atoms with E-state index in [9.17, 15) is 14.4 Å². The van der Waals surface area contributed by atoms with Crippen molar-refractivity contribution in [3.05, 3.63) is 109 Å². The van der Waals surface area contributed by atoms with Crippen LogP contribution in [0, 0.1) is 0 Å². The van der Waals surface area contributed by atoms with Gasteiger partial charge in [0.1, 0.15) is 13.2 Å². The fourth-order valence-electron chi connectivity index (χ4n) is 7.59. The van der Waals surface area contributed by atoms with Gasteiger partial charge in [-0.05, 0) is 57.8 Å². The minimum atomic E-state index is -0.807. The maximum atomic E-state index is 12.8. The summed E-state index contributed by atoms with van der Waals surface area (Å²) in [7, 11) is 0. The standard InChI is InChI=1S/C62H102O6/c1-4-7-10-13-16-19-22-25-28-30-32-34-37-40-43-46-49-52-55-61(64)67-58-59(57-66-60(63)54-51-48-45-42-39-36-33-27-24-21-18-15-12-9-6-3)68-62(65)56-53-50-47-44-41-38-35-31-29-26-23-20-17-14-11-8-5-2/h8-9,11-12,14-15,17-18,20-21,23-24,26,29,31,35,38,41,59H,4-7,10,13,16,19,22,25,27-28,30,32-34,36-37,39-40,42-58H2,1-3H3/b11-8-,12-9-,17-14-,18-15-,23-20-,24-21-,29-26-,35-31+,41-38-. The van der Waals surface area contributed by atoms with Crippen molar-refractivity contribution in [2.45, 2.75) is 252 Å². The van der Waals surface area contributed by atoms with Gasteiger partial charge < -0.3 is 14.2 Å². The van der Waals surface area contributed by atoms with E-state index in [0.29, 0.717) is 19.3 Å². The summed E-state index contributed by atoms with van der Waals surface area (Å²) in [4.78, 5) is 38.1. The van der Waals surface area contributed by atoms with E-state index in [1.807, 2.05) is 60.8 Å². The fourth-order valence-corrected chi connectivity index (χ4v) is 7.59. The Morgan fingerprint density at radius 2 is 0.574 bits per heavy atom. The zero-order valence-electron chi connectivity index (χ0n) is 44.1. The number of ether oxygens (including phenoxy) is 3. The number of hydrogen-bond acceptors (Lipinski definition) is 6. The van der Waals surface area contributed by atoms with E-state index >= 15 is 0 Å². The van der Waals surface area contributed by atoms with Gasteiger partial charge in [-0.3, -0.25) is 14.4 Å². The largest absolute Gasteiger partial charge is 0.462 e. The first-order valence-electron chi connectivity index (χ1n) is 28.0. The fraction of sp³-hybridized carbons (Fsp3) is 0.661. The summed E-state index contributed by atoms with van der Waals surface area (Å²) in [5.41, 5.74) is 0. The van der Waals surface area contributed by atoms with Gasteiger partial charge >= 0.3 is 17.9 Å². The zero-order valence-corrected chi connectivity index (χ0v) is 44.1. The molecule has 1 atom stereocenters. The Morgan fingerprint density at radius 1 is 0.309 bits per heavy atom. The summed E-state index contributed by atoms with van der Waals surface area (Å²) < 4.78 is 16.8. The molecule has 6 heteroatoms. The van der Waals surface area contributed by atoms with E-state index in [0.717, 1.165) is 77.0 Å². The first-order chi connectivity index (χ1) is 33.5. The molecule has 68 heavy (non-hydrogen) atoms. The highest BCUT2D eigenvalue weighted by atomic mass is 16.6. The first kappa shape index (κ1) is 64.1. The van der Waals surface area contributed by atoms with Gasteiger partial charge in [0, 0.05) is 19.3 Å². The monoisotopic (exact) mass is 943 g/mol. The van der Waals surface area contributed by atoms with Crippen LogP contribution in [-0.4, -0.2) is 37.2 Å². The van der Waals surface area contributed by atoms with Gasteiger partial charge in [-0.15, -0.1) is 0 Å². The van der Waals surface area contributed by atoms with E-state index in [1.165, 1.54) is 122 Å². The van der Waals surface area contributed by atoms with Crippen molar-refractivity contribution < 1.29 is 28.6 Å². The lowest BCUT2D eigenvalue weighted by Crippen LogP contribution is -2.30. The highest BCUT2D eigenvalue weighted by Crippen LogP contribution is 2.16. The average molecular weight is 943 g/mol. The Morgan fingerprint density at radius 3 is 0.912 bits per heavy atom. The summed E-state index contributed by atoms with van der Waals surface area (Å²) >= 11 is 0. The van der Waals surface area contributed by atoms with Gasteiger partial charge in [-0.1, -0.05) is 278 Å². The van der Waals surface area contributed by atoms with Crippen molar-refractivity contribution in [3.63, 3.8) is 0 Å². The molecule has 0 saturated carbocycles. The molecule has 0 aliphatic rings. The second kappa shape index (κ2) is 55.7. The Kier molecular flexibility index (Phi) is 52.4. The number of rotatable bonds is 49. The third-order valence-corrected chi connectivity index (χ3v) is 11.7. The Bertz CT molecular complexity index is 1410. The Labute approximate surface area is 419 Å². The Balaban J connectivity index is 4.48. The molecule has 386 valence electrons. The lowest BCUT2D eigenvalue weighted by Gasteiger charge is -2.18. The smallest absolute Gasteiger partial charge is 0.306 e. The molecule has 0 radical (unpaired) electrons. The van der Waals surface area contributed by atoms with Crippen LogP contribution in [0.4, 0.5) is 0 Å².